The Labute approximate surface area is 104 Å². The third kappa shape index (κ3) is 3.54. The SMILES string of the molecule is C=CCNC(C(=O)OC)c1ccc(F)c(Cl)c1. The number of benzene rings is 1. The molecule has 0 bridgehead atoms. The lowest BCUT2D eigenvalue weighted by Crippen LogP contribution is -2.29. The fraction of sp³-hybridized carbons (Fsp3) is 0.250. The van der Waals surface area contributed by atoms with Crippen molar-refractivity contribution in [2.75, 3.05) is 13.7 Å². The molecule has 1 aromatic rings. The number of methoxy groups -OCH3 is 1. The van der Waals surface area contributed by atoms with Crippen LogP contribution in [0, 0.1) is 5.82 Å². The van der Waals surface area contributed by atoms with Gasteiger partial charge in [0.05, 0.1) is 12.1 Å². The number of esters is 1. The van der Waals surface area contributed by atoms with E-state index in [1.807, 2.05) is 0 Å². The highest BCUT2D eigenvalue weighted by Crippen LogP contribution is 2.21. The Morgan fingerprint density at radius 3 is 2.94 bits per heavy atom. The maximum absolute atomic E-state index is 13.0. The molecule has 17 heavy (non-hydrogen) atoms. The molecule has 1 unspecified atom stereocenters. The molecule has 0 spiro atoms. The van der Waals surface area contributed by atoms with Gasteiger partial charge < -0.3 is 4.74 Å². The molecule has 0 fully saturated rings. The quantitative estimate of drug-likeness (QED) is 0.651. The van der Waals surface area contributed by atoms with Crippen LogP contribution in [0.5, 0.6) is 0 Å². The van der Waals surface area contributed by atoms with Gasteiger partial charge in [0.2, 0.25) is 0 Å². The average Bonchev–Trinajstić information content (AvgIpc) is 2.33. The van der Waals surface area contributed by atoms with Crippen LogP contribution in [0.25, 0.3) is 0 Å². The summed E-state index contributed by atoms with van der Waals surface area (Å²) in [6.07, 6.45) is 1.61. The molecular formula is C12H13ClFNO2. The normalized spacial score (nSPS) is 11.9. The van der Waals surface area contributed by atoms with Gasteiger partial charge in [-0.3, -0.25) is 5.32 Å². The maximum atomic E-state index is 13.0. The zero-order valence-corrected chi connectivity index (χ0v) is 10.1. The molecule has 0 amide bonds. The van der Waals surface area contributed by atoms with Crippen LogP contribution in [0.1, 0.15) is 11.6 Å². The highest BCUT2D eigenvalue weighted by Gasteiger charge is 2.21. The largest absolute Gasteiger partial charge is 0.468 e. The van der Waals surface area contributed by atoms with Gasteiger partial charge in [-0.15, -0.1) is 6.58 Å². The van der Waals surface area contributed by atoms with Crippen LogP contribution in [-0.4, -0.2) is 19.6 Å². The van der Waals surface area contributed by atoms with Crippen LogP contribution in [0.2, 0.25) is 5.02 Å². The van der Waals surface area contributed by atoms with Gasteiger partial charge in [0.25, 0.3) is 0 Å². The molecule has 3 nitrogen and oxygen atoms in total. The summed E-state index contributed by atoms with van der Waals surface area (Å²) in [5, 5.41) is 2.88. The Morgan fingerprint density at radius 1 is 1.71 bits per heavy atom. The van der Waals surface area contributed by atoms with E-state index in [1.54, 1.807) is 6.08 Å². The van der Waals surface area contributed by atoms with E-state index in [9.17, 15) is 9.18 Å². The minimum Gasteiger partial charge on any atom is -0.468 e. The van der Waals surface area contributed by atoms with Crippen molar-refractivity contribution in [1.82, 2.24) is 5.32 Å². The first-order valence-electron chi connectivity index (χ1n) is 4.97. The third-order valence-electron chi connectivity index (χ3n) is 2.18. The molecule has 0 heterocycles. The number of hydrogen-bond donors (Lipinski definition) is 1. The van der Waals surface area contributed by atoms with E-state index < -0.39 is 17.8 Å². The van der Waals surface area contributed by atoms with Crippen molar-refractivity contribution < 1.29 is 13.9 Å². The molecule has 0 aliphatic heterocycles. The zero-order valence-electron chi connectivity index (χ0n) is 9.37. The standard InChI is InChI=1S/C12H13ClFNO2/c1-3-6-15-11(12(16)17-2)8-4-5-10(14)9(13)7-8/h3-5,7,11,15H,1,6H2,2H3. The monoisotopic (exact) mass is 257 g/mol. The Balaban J connectivity index is 2.98. The Morgan fingerprint density at radius 2 is 2.41 bits per heavy atom. The Kier molecular flexibility index (Phi) is 5.12. The van der Waals surface area contributed by atoms with Crippen LogP contribution in [0.3, 0.4) is 0 Å². The molecular weight excluding hydrogens is 245 g/mol. The smallest absolute Gasteiger partial charge is 0.327 e. The summed E-state index contributed by atoms with van der Waals surface area (Å²) in [5.74, 6) is -0.989. The maximum Gasteiger partial charge on any atom is 0.327 e. The summed E-state index contributed by atoms with van der Waals surface area (Å²) in [5.41, 5.74) is 0.546. The van der Waals surface area contributed by atoms with Gasteiger partial charge in [0.15, 0.2) is 0 Å². The highest BCUT2D eigenvalue weighted by molar-refractivity contribution is 6.30. The van der Waals surface area contributed by atoms with E-state index in [-0.39, 0.29) is 5.02 Å². The molecule has 0 radical (unpaired) electrons. The first-order chi connectivity index (χ1) is 8.10. The van der Waals surface area contributed by atoms with Crippen molar-refractivity contribution in [3.05, 3.63) is 47.3 Å². The molecule has 92 valence electrons. The van der Waals surface area contributed by atoms with Gasteiger partial charge in [0.1, 0.15) is 11.9 Å². The summed E-state index contributed by atoms with van der Waals surface area (Å²) in [7, 11) is 1.29. The van der Waals surface area contributed by atoms with Crippen molar-refractivity contribution in [2.45, 2.75) is 6.04 Å². The van der Waals surface area contributed by atoms with Crippen molar-refractivity contribution in [2.24, 2.45) is 0 Å². The van der Waals surface area contributed by atoms with Crippen LogP contribution in [0.15, 0.2) is 30.9 Å². The minimum absolute atomic E-state index is 0.0307. The first kappa shape index (κ1) is 13.7. The van der Waals surface area contributed by atoms with Gasteiger partial charge in [-0.1, -0.05) is 23.7 Å². The van der Waals surface area contributed by atoms with Gasteiger partial charge in [-0.05, 0) is 17.7 Å². The molecule has 1 rings (SSSR count). The molecule has 1 aromatic carbocycles. The van der Waals surface area contributed by atoms with Crippen LogP contribution < -0.4 is 5.32 Å². The van der Waals surface area contributed by atoms with E-state index in [0.29, 0.717) is 12.1 Å². The summed E-state index contributed by atoms with van der Waals surface area (Å²) in [4.78, 5) is 11.6. The van der Waals surface area contributed by atoms with Gasteiger partial charge in [0, 0.05) is 6.54 Å². The summed E-state index contributed by atoms with van der Waals surface area (Å²) < 4.78 is 17.7. The van der Waals surface area contributed by atoms with E-state index in [4.69, 9.17) is 11.6 Å². The Bertz CT molecular complexity index is 423. The third-order valence-corrected chi connectivity index (χ3v) is 2.47. The second-order valence-corrected chi connectivity index (χ2v) is 3.73. The predicted molar refractivity (Wildman–Crippen MR) is 64.4 cm³/mol. The highest BCUT2D eigenvalue weighted by atomic mass is 35.5. The Hall–Kier alpha value is -1.39. The summed E-state index contributed by atoms with van der Waals surface area (Å²) in [6.45, 7) is 3.97. The lowest BCUT2D eigenvalue weighted by Gasteiger charge is -2.16. The van der Waals surface area contributed by atoms with Crippen molar-refractivity contribution >= 4 is 17.6 Å². The van der Waals surface area contributed by atoms with E-state index in [2.05, 4.69) is 16.6 Å². The summed E-state index contributed by atoms with van der Waals surface area (Å²) >= 11 is 5.66. The second-order valence-electron chi connectivity index (χ2n) is 3.33. The van der Waals surface area contributed by atoms with Crippen molar-refractivity contribution in [3.63, 3.8) is 0 Å². The molecule has 1 N–H and O–H groups in total. The van der Waals surface area contributed by atoms with Gasteiger partial charge >= 0.3 is 5.97 Å². The van der Waals surface area contributed by atoms with Crippen LogP contribution in [0.4, 0.5) is 4.39 Å². The van der Waals surface area contributed by atoms with E-state index >= 15 is 0 Å². The molecule has 0 saturated carbocycles. The molecule has 0 aromatic heterocycles. The number of carbonyl (C=O) groups is 1. The second kappa shape index (κ2) is 6.37. The predicted octanol–water partition coefficient (Wildman–Crippen LogP) is 2.47. The molecule has 5 heteroatoms. The fourth-order valence-corrected chi connectivity index (χ4v) is 1.54. The van der Waals surface area contributed by atoms with Crippen molar-refractivity contribution in [3.8, 4) is 0 Å². The molecule has 0 aliphatic carbocycles. The summed E-state index contributed by atoms with van der Waals surface area (Å²) in [6, 6.07) is 3.41. The fourth-order valence-electron chi connectivity index (χ4n) is 1.35. The first-order valence-corrected chi connectivity index (χ1v) is 5.35. The van der Waals surface area contributed by atoms with Gasteiger partial charge in [-0.2, -0.15) is 0 Å². The van der Waals surface area contributed by atoms with Crippen LogP contribution in [-0.2, 0) is 9.53 Å². The van der Waals surface area contributed by atoms with Crippen molar-refractivity contribution in [1.29, 1.82) is 0 Å². The molecule has 0 saturated heterocycles. The average molecular weight is 258 g/mol. The van der Waals surface area contributed by atoms with Gasteiger partial charge in [-0.25, -0.2) is 9.18 Å². The van der Waals surface area contributed by atoms with E-state index in [0.717, 1.165) is 0 Å². The lowest BCUT2D eigenvalue weighted by molar-refractivity contribution is -0.143. The number of hydrogen-bond acceptors (Lipinski definition) is 3. The topological polar surface area (TPSA) is 38.3 Å². The number of ether oxygens (including phenoxy) is 1. The number of rotatable bonds is 5. The van der Waals surface area contributed by atoms with Crippen LogP contribution >= 0.6 is 11.6 Å². The minimum atomic E-state index is -0.684. The lowest BCUT2D eigenvalue weighted by atomic mass is 10.1. The zero-order chi connectivity index (χ0) is 12.8. The number of halogens is 2. The number of carbonyl (C=O) groups excluding carboxylic acids is 1. The molecule has 1 atom stereocenters. The number of nitrogens with one attached hydrogen (secondary N) is 1. The molecule has 0 aliphatic rings. The van der Waals surface area contributed by atoms with E-state index in [1.165, 1.54) is 25.3 Å².